The van der Waals surface area contributed by atoms with E-state index in [1.807, 2.05) is 36.4 Å². The highest BCUT2D eigenvalue weighted by Crippen LogP contribution is 2.28. The van der Waals surface area contributed by atoms with Crippen molar-refractivity contribution in [2.75, 3.05) is 5.32 Å². The lowest BCUT2D eigenvalue weighted by molar-refractivity contribution is -0.194. The Morgan fingerprint density at radius 3 is 3.05 bits per heavy atom. The van der Waals surface area contributed by atoms with E-state index in [9.17, 15) is 0 Å². The second-order valence-electron chi connectivity index (χ2n) is 5.02. The molecule has 110 valence electrons. The Hall–Kier alpha value is -2.37. The molecule has 0 spiro atoms. The van der Waals surface area contributed by atoms with Crippen molar-refractivity contribution in [2.45, 2.75) is 13.2 Å². The van der Waals surface area contributed by atoms with E-state index in [0.29, 0.717) is 18.2 Å². The lowest BCUT2D eigenvalue weighted by Crippen LogP contribution is -2.02. The molecule has 0 amide bonds. The van der Waals surface area contributed by atoms with Gasteiger partial charge in [-0.15, -0.1) is 0 Å². The second-order valence-corrected chi connectivity index (χ2v) is 5.46. The maximum Gasteiger partial charge on any atom is 0.171 e. The Balaban J connectivity index is 1.60. The fraction of sp³-hybridized carbons (Fsp3) is 0.125. The van der Waals surface area contributed by atoms with E-state index in [4.69, 9.17) is 21.4 Å². The average molecular weight is 314 g/mol. The van der Waals surface area contributed by atoms with Gasteiger partial charge in [-0.25, -0.2) is 9.97 Å². The summed E-state index contributed by atoms with van der Waals surface area (Å²) < 4.78 is 0. The van der Waals surface area contributed by atoms with Crippen LogP contribution in [0.3, 0.4) is 0 Å². The number of nitrogens with zero attached hydrogens (tertiary/aromatic N) is 2. The summed E-state index contributed by atoms with van der Waals surface area (Å²) in [6.07, 6.45) is 1.54. The molecule has 1 N–H and O–H groups in total. The number of halogens is 1. The second kappa shape index (κ2) is 5.44. The largest absolute Gasteiger partial charge is 0.365 e. The number of rotatable bonds is 3. The standard InChI is InChI=1S/C16H12ClN3O2/c17-12-3-4-14-13(6-12)16(20-9-19-14)18-7-10-1-2-11-8-21-22-15(11)5-10/h1-6,9H,7-8H2,(H,18,19,20). The molecule has 1 aliphatic rings. The van der Waals surface area contributed by atoms with Gasteiger partial charge >= 0.3 is 0 Å². The van der Waals surface area contributed by atoms with Crippen molar-refractivity contribution in [2.24, 2.45) is 0 Å². The smallest absolute Gasteiger partial charge is 0.171 e. The van der Waals surface area contributed by atoms with E-state index >= 15 is 0 Å². The Kier molecular flexibility index (Phi) is 3.29. The van der Waals surface area contributed by atoms with Crippen molar-refractivity contribution in [3.05, 3.63) is 58.9 Å². The topological polar surface area (TPSA) is 56.3 Å². The first-order valence-corrected chi connectivity index (χ1v) is 7.23. The molecular formula is C16H12ClN3O2. The van der Waals surface area contributed by atoms with Crippen LogP contribution in [-0.4, -0.2) is 9.97 Å². The predicted molar refractivity (Wildman–Crippen MR) is 83.7 cm³/mol. The summed E-state index contributed by atoms with van der Waals surface area (Å²) in [5.74, 6) is 1.53. The molecule has 2 aromatic carbocycles. The van der Waals surface area contributed by atoms with Crippen LogP contribution >= 0.6 is 11.6 Å². The molecule has 0 saturated heterocycles. The summed E-state index contributed by atoms with van der Waals surface area (Å²) >= 11 is 6.06. The van der Waals surface area contributed by atoms with E-state index in [-0.39, 0.29) is 0 Å². The fourth-order valence-corrected chi connectivity index (χ4v) is 2.59. The van der Waals surface area contributed by atoms with Crippen LogP contribution in [0.5, 0.6) is 5.75 Å². The Bertz CT molecular complexity index is 854. The summed E-state index contributed by atoms with van der Waals surface area (Å²) in [5.41, 5.74) is 2.99. The van der Waals surface area contributed by atoms with Crippen LogP contribution in [0.25, 0.3) is 10.9 Å². The molecule has 0 saturated carbocycles. The average Bonchev–Trinajstić information content (AvgIpc) is 3.00. The van der Waals surface area contributed by atoms with Gasteiger partial charge in [0.1, 0.15) is 18.8 Å². The van der Waals surface area contributed by atoms with Crippen LogP contribution in [0.15, 0.2) is 42.7 Å². The minimum atomic E-state index is 0.498. The van der Waals surface area contributed by atoms with Gasteiger partial charge in [0.05, 0.1) is 5.52 Å². The number of fused-ring (bicyclic) bond motifs is 2. The minimum absolute atomic E-state index is 0.498. The van der Waals surface area contributed by atoms with Gasteiger partial charge in [-0.3, -0.25) is 0 Å². The highest BCUT2D eigenvalue weighted by molar-refractivity contribution is 6.31. The number of nitrogens with one attached hydrogen (secondary N) is 1. The molecule has 0 radical (unpaired) electrons. The maximum absolute atomic E-state index is 6.06. The van der Waals surface area contributed by atoms with Crippen LogP contribution in [0.4, 0.5) is 5.82 Å². The summed E-state index contributed by atoms with van der Waals surface area (Å²) in [6, 6.07) is 11.6. The maximum atomic E-state index is 6.06. The molecule has 5 nitrogen and oxygen atoms in total. The van der Waals surface area contributed by atoms with Crippen molar-refractivity contribution in [1.82, 2.24) is 9.97 Å². The summed E-state index contributed by atoms with van der Waals surface area (Å²) in [7, 11) is 0. The number of aromatic nitrogens is 2. The van der Waals surface area contributed by atoms with Gasteiger partial charge in [0.15, 0.2) is 5.75 Å². The molecule has 3 aromatic rings. The molecule has 0 fully saturated rings. The first-order valence-electron chi connectivity index (χ1n) is 6.85. The molecule has 1 aliphatic heterocycles. The molecule has 0 aliphatic carbocycles. The number of hydrogen-bond donors (Lipinski definition) is 1. The predicted octanol–water partition coefficient (Wildman–Crippen LogP) is 3.72. The molecule has 2 heterocycles. The zero-order chi connectivity index (χ0) is 14.9. The van der Waals surface area contributed by atoms with Crippen molar-refractivity contribution < 1.29 is 9.78 Å². The van der Waals surface area contributed by atoms with Gasteiger partial charge in [-0.05, 0) is 29.8 Å². The fourth-order valence-electron chi connectivity index (χ4n) is 2.42. The van der Waals surface area contributed by atoms with E-state index < -0.39 is 0 Å². The molecule has 0 atom stereocenters. The van der Waals surface area contributed by atoms with Crippen LogP contribution in [0, 0.1) is 0 Å². The third kappa shape index (κ3) is 2.45. The van der Waals surface area contributed by atoms with Crippen molar-refractivity contribution in [3.63, 3.8) is 0 Å². The quantitative estimate of drug-likeness (QED) is 0.747. The Morgan fingerprint density at radius 2 is 2.09 bits per heavy atom. The SMILES string of the molecule is Clc1ccc2ncnc(NCc3ccc4c(c3)OOC4)c2c1. The van der Waals surface area contributed by atoms with Crippen LogP contribution < -0.4 is 10.2 Å². The van der Waals surface area contributed by atoms with Crippen molar-refractivity contribution >= 4 is 28.3 Å². The van der Waals surface area contributed by atoms with Crippen LogP contribution in [-0.2, 0) is 18.0 Å². The first-order chi connectivity index (χ1) is 10.8. The van der Waals surface area contributed by atoms with Crippen LogP contribution in [0.2, 0.25) is 5.02 Å². The monoisotopic (exact) mass is 313 g/mol. The van der Waals surface area contributed by atoms with Crippen LogP contribution in [0.1, 0.15) is 11.1 Å². The van der Waals surface area contributed by atoms with Gasteiger partial charge in [0.25, 0.3) is 0 Å². The van der Waals surface area contributed by atoms with Gasteiger partial charge in [0.2, 0.25) is 0 Å². The Morgan fingerprint density at radius 1 is 1.14 bits per heavy atom. The number of anilines is 1. The normalized spacial score (nSPS) is 13.0. The first kappa shape index (κ1) is 13.3. The third-order valence-electron chi connectivity index (χ3n) is 3.55. The summed E-state index contributed by atoms with van der Waals surface area (Å²) in [4.78, 5) is 18.6. The lowest BCUT2D eigenvalue weighted by Gasteiger charge is -2.09. The Labute approximate surface area is 131 Å². The molecule has 4 rings (SSSR count). The lowest BCUT2D eigenvalue weighted by atomic mass is 10.1. The van der Waals surface area contributed by atoms with Crippen molar-refractivity contribution in [3.8, 4) is 5.75 Å². The van der Waals surface area contributed by atoms with Gasteiger partial charge in [0, 0.05) is 22.5 Å². The molecule has 6 heteroatoms. The molecule has 22 heavy (non-hydrogen) atoms. The zero-order valence-electron chi connectivity index (χ0n) is 11.5. The molecule has 1 aromatic heterocycles. The minimum Gasteiger partial charge on any atom is -0.365 e. The van der Waals surface area contributed by atoms with E-state index in [1.54, 1.807) is 0 Å². The van der Waals surface area contributed by atoms with Gasteiger partial charge in [-0.2, -0.15) is 4.89 Å². The molecule has 0 bridgehead atoms. The van der Waals surface area contributed by atoms with E-state index in [0.717, 1.165) is 33.6 Å². The summed E-state index contributed by atoms with van der Waals surface area (Å²) in [5, 5.41) is 4.88. The highest BCUT2D eigenvalue weighted by Gasteiger charge is 2.14. The molecule has 0 unspecified atom stereocenters. The number of hydrogen-bond acceptors (Lipinski definition) is 5. The summed E-state index contributed by atoms with van der Waals surface area (Å²) in [6.45, 7) is 1.12. The zero-order valence-corrected chi connectivity index (χ0v) is 12.3. The van der Waals surface area contributed by atoms with E-state index in [1.165, 1.54) is 6.33 Å². The highest BCUT2D eigenvalue weighted by atomic mass is 35.5. The molecular weight excluding hydrogens is 302 g/mol. The van der Waals surface area contributed by atoms with Gasteiger partial charge < -0.3 is 10.2 Å². The van der Waals surface area contributed by atoms with E-state index in [2.05, 4.69) is 15.3 Å². The third-order valence-corrected chi connectivity index (χ3v) is 3.79. The van der Waals surface area contributed by atoms with Crippen molar-refractivity contribution in [1.29, 1.82) is 0 Å². The number of benzene rings is 2. The van der Waals surface area contributed by atoms with Gasteiger partial charge in [-0.1, -0.05) is 23.7 Å².